The molecule has 0 saturated heterocycles. The fourth-order valence-electron chi connectivity index (χ4n) is 1.07. The number of carbonyl (C=O) groups is 1. The Bertz CT molecular complexity index is 433. The molecule has 7 heteroatoms. The zero-order valence-corrected chi connectivity index (χ0v) is 11.9. The van der Waals surface area contributed by atoms with Gasteiger partial charge in [0.15, 0.2) is 0 Å². The summed E-state index contributed by atoms with van der Waals surface area (Å²) in [6, 6.07) is 7.26. The van der Waals surface area contributed by atoms with Gasteiger partial charge in [-0.25, -0.2) is 0 Å². The van der Waals surface area contributed by atoms with Crippen LogP contribution in [0.3, 0.4) is 0 Å². The maximum absolute atomic E-state index is 10.7. The third-order valence-electron chi connectivity index (χ3n) is 1.62. The van der Waals surface area contributed by atoms with Crippen LogP contribution in [-0.4, -0.2) is 24.0 Å². The van der Waals surface area contributed by atoms with Gasteiger partial charge in [-0.05, 0) is 5.56 Å². The fraction of sp³-hybridized carbons (Fsp3) is 0.125. The minimum absolute atomic E-state index is 0. The van der Waals surface area contributed by atoms with Gasteiger partial charge >= 0.3 is 57.4 Å². The summed E-state index contributed by atoms with van der Waals surface area (Å²) in [6.45, 7) is 0. The van der Waals surface area contributed by atoms with Crippen LogP contribution in [0.4, 0.5) is 0 Å². The Balaban J connectivity index is 0. The first-order valence-corrected chi connectivity index (χ1v) is 5.17. The number of benzene rings is 1. The Kier molecular flexibility index (Phi) is 6.19. The molecule has 0 saturated carbocycles. The summed E-state index contributed by atoms with van der Waals surface area (Å²) in [4.78, 5) is 10.6. The number of carboxylic acids is 1. The molecule has 0 bridgehead atoms. The molecular formula is C8H9KO5S. The van der Waals surface area contributed by atoms with E-state index >= 15 is 0 Å². The molecule has 78 valence electrons. The van der Waals surface area contributed by atoms with Crippen molar-refractivity contribution in [1.82, 2.24) is 0 Å². The Morgan fingerprint density at radius 1 is 1.27 bits per heavy atom. The normalized spacial score (nSPS) is 12.6. The Morgan fingerprint density at radius 2 is 1.73 bits per heavy atom. The van der Waals surface area contributed by atoms with Gasteiger partial charge in [-0.3, -0.25) is 9.35 Å². The fourth-order valence-corrected chi connectivity index (χ4v) is 1.83. The van der Waals surface area contributed by atoms with Gasteiger partial charge in [-0.1, -0.05) is 30.3 Å². The van der Waals surface area contributed by atoms with E-state index in [4.69, 9.17) is 9.66 Å². The SMILES string of the molecule is O=C(O)C(c1ccccc1)S(=O)(=O)O.[H-].[K+]. The van der Waals surface area contributed by atoms with Gasteiger partial charge in [0.1, 0.15) is 0 Å². The molecular weight excluding hydrogens is 247 g/mol. The Hall–Kier alpha value is 0.236. The predicted molar refractivity (Wildman–Crippen MR) is 49.5 cm³/mol. The van der Waals surface area contributed by atoms with E-state index in [1.807, 2.05) is 0 Å². The molecule has 1 unspecified atom stereocenters. The first-order chi connectivity index (χ1) is 6.43. The summed E-state index contributed by atoms with van der Waals surface area (Å²) in [5, 5.41) is 6.71. The Morgan fingerprint density at radius 3 is 2.07 bits per heavy atom. The second-order valence-electron chi connectivity index (χ2n) is 2.64. The number of hydrogen-bond donors (Lipinski definition) is 2. The average Bonchev–Trinajstić information content (AvgIpc) is 2.02. The summed E-state index contributed by atoms with van der Waals surface area (Å²) in [6.07, 6.45) is 0. The largest absolute Gasteiger partial charge is 1.00 e. The smallest absolute Gasteiger partial charge is 1.00 e. The van der Waals surface area contributed by atoms with Crippen LogP contribution in [0.5, 0.6) is 0 Å². The van der Waals surface area contributed by atoms with Gasteiger partial charge in [-0.15, -0.1) is 0 Å². The van der Waals surface area contributed by atoms with Crippen molar-refractivity contribution in [2.45, 2.75) is 5.25 Å². The maximum atomic E-state index is 10.7. The van der Waals surface area contributed by atoms with E-state index in [-0.39, 0.29) is 58.4 Å². The summed E-state index contributed by atoms with van der Waals surface area (Å²) < 4.78 is 30.2. The summed E-state index contributed by atoms with van der Waals surface area (Å²) in [5.74, 6) is -1.60. The molecule has 1 aromatic carbocycles. The molecule has 1 aromatic rings. The van der Waals surface area contributed by atoms with Crippen molar-refractivity contribution >= 4 is 16.1 Å². The second-order valence-corrected chi connectivity index (χ2v) is 4.15. The summed E-state index contributed by atoms with van der Waals surface area (Å²) in [7, 11) is -4.62. The minimum atomic E-state index is -4.62. The molecule has 0 fully saturated rings. The van der Waals surface area contributed by atoms with Gasteiger partial charge in [0.25, 0.3) is 10.1 Å². The third kappa shape index (κ3) is 4.31. The van der Waals surface area contributed by atoms with Gasteiger partial charge < -0.3 is 6.53 Å². The molecule has 1 rings (SSSR count). The minimum Gasteiger partial charge on any atom is -1.00 e. The number of rotatable bonds is 3. The molecule has 0 heterocycles. The molecule has 0 radical (unpaired) electrons. The van der Waals surface area contributed by atoms with Gasteiger partial charge in [0.2, 0.25) is 5.25 Å². The molecule has 0 amide bonds. The molecule has 0 aliphatic rings. The molecule has 0 spiro atoms. The van der Waals surface area contributed by atoms with E-state index in [0.717, 1.165) is 0 Å². The van der Waals surface area contributed by atoms with Crippen molar-refractivity contribution < 1.29 is 75.7 Å². The number of carboxylic acid groups (broad SMARTS) is 1. The summed E-state index contributed by atoms with van der Waals surface area (Å²) >= 11 is 0. The van der Waals surface area contributed by atoms with Crippen LogP contribution >= 0.6 is 0 Å². The zero-order valence-electron chi connectivity index (χ0n) is 8.99. The van der Waals surface area contributed by atoms with Crippen molar-refractivity contribution in [1.29, 1.82) is 0 Å². The Labute approximate surface area is 131 Å². The van der Waals surface area contributed by atoms with Gasteiger partial charge in [-0.2, -0.15) is 8.42 Å². The van der Waals surface area contributed by atoms with Crippen molar-refractivity contribution in [3.05, 3.63) is 35.9 Å². The van der Waals surface area contributed by atoms with Crippen molar-refractivity contribution in [2.24, 2.45) is 0 Å². The van der Waals surface area contributed by atoms with Crippen LogP contribution < -0.4 is 51.4 Å². The zero-order chi connectivity index (χ0) is 10.8. The molecule has 0 aliphatic carbocycles. The van der Waals surface area contributed by atoms with Crippen LogP contribution in [0.1, 0.15) is 12.2 Å². The van der Waals surface area contributed by atoms with Crippen molar-refractivity contribution in [3.63, 3.8) is 0 Å². The van der Waals surface area contributed by atoms with E-state index in [9.17, 15) is 13.2 Å². The molecule has 0 aliphatic heterocycles. The molecule has 15 heavy (non-hydrogen) atoms. The topological polar surface area (TPSA) is 91.7 Å². The van der Waals surface area contributed by atoms with Crippen molar-refractivity contribution in [3.8, 4) is 0 Å². The van der Waals surface area contributed by atoms with Crippen LogP contribution in [0.2, 0.25) is 0 Å². The monoisotopic (exact) mass is 256 g/mol. The second kappa shape index (κ2) is 6.09. The molecule has 5 nitrogen and oxygen atoms in total. The van der Waals surface area contributed by atoms with Crippen LogP contribution in [0.15, 0.2) is 30.3 Å². The summed E-state index contributed by atoms with van der Waals surface area (Å²) in [5.41, 5.74) is 0.0301. The van der Waals surface area contributed by atoms with Gasteiger partial charge in [0, 0.05) is 0 Å². The first kappa shape index (κ1) is 15.2. The van der Waals surface area contributed by atoms with Crippen molar-refractivity contribution in [2.75, 3.05) is 0 Å². The quantitative estimate of drug-likeness (QED) is 0.474. The molecule has 2 N–H and O–H groups in total. The van der Waals surface area contributed by atoms with E-state index in [2.05, 4.69) is 0 Å². The van der Waals surface area contributed by atoms with E-state index in [0.29, 0.717) is 0 Å². The van der Waals surface area contributed by atoms with Gasteiger partial charge in [0.05, 0.1) is 0 Å². The number of hydrogen-bond acceptors (Lipinski definition) is 3. The third-order valence-corrected chi connectivity index (χ3v) is 2.69. The van der Waals surface area contributed by atoms with Crippen LogP contribution in [0.25, 0.3) is 0 Å². The van der Waals surface area contributed by atoms with Crippen LogP contribution in [-0.2, 0) is 14.9 Å². The van der Waals surface area contributed by atoms with Crippen LogP contribution in [0, 0.1) is 0 Å². The predicted octanol–water partition coefficient (Wildman–Crippen LogP) is -2.18. The van der Waals surface area contributed by atoms with E-state index in [1.54, 1.807) is 6.07 Å². The maximum Gasteiger partial charge on any atom is 1.00 e. The van der Waals surface area contributed by atoms with E-state index in [1.165, 1.54) is 24.3 Å². The molecule has 0 aromatic heterocycles. The number of aliphatic carboxylic acids is 1. The first-order valence-electron chi connectivity index (χ1n) is 3.67. The average molecular weight is 256 g/mol. The molecule has 1 atom stereocenters. The van der Waals surface area contributed by atoms with E-state index < -0.39 is 21.3 Å². The standard InChI is InChI=1S/C8H8O5S.K.H/c9-8(10)7(14(11,12)13)6-4-2-1-3-5-6;;/h1-5,7H,(H,9,10)(H,11,12,13);;/q;+1;-1.